The van der Waals surface area contributed by atoms with Gasteiger partial charge in [-0.25, -0.2) is 24.8 Å². The van der Waals surface area contributed by atoms with Crippen molar-refractivity contribution in [1.29, 1.82) is 5.26 Å². The van der Waals surface area contributed by atoms with Crippen molar-refractivity contribution in [3.63, 3.8) is 0 Å². The number of benzene rings is 13. The van der Waals surface area contributed by atoms with E-state index in [0.29, 0.717) is 22.9 Å². The molecule has 0 amide bonds. The Morgan fingerprint density at radius 3 is 1.35 bits per heavy atom. The second kappa shape index (κ2) is 24.9. The fraction of sp³-hybridized carbons (Fsp3) is 0.0652. The number of hydrogen-bond acceptors (Lipinski definition) is 5. The summed E-state index contributed by atoms with van der Waals surface area (Å²) >= 11 is 0. The molecular weight excluding hydrogens is 1190 g/mol. The zero-order chi connectivity index (χ0) is 66.5. The van der Waals surface area contributed by atoms with Crippen molar-refractivity contribution < 1.29 is 0 Å². The average Bonchev–Trinajstić information content (AvgIpc) is 1.58. The molecule has 0 unspecified atom stereocenters. The van der Waals surface area contributed by atoms with Gasteiger partial charge in [0, 0.05) is 44.2 Å². The van der Waals surface area contributed by atoms with Crippen LogP contribution in [0.2, 0.25) is 0 Å². The van der Waals surface area contributed by atoms with Crippen LogP contribution in [-0.4, -0.2) is 19.9 Å². The van der Waals surface area contributed by atoms with Crippen LogP contribution in [0.3, 0.4) is 0 Å². The second-order valence-electron chi connectivity index (χ2n) is 26.4. The fourth-order valence-corrected chi connectivity index (χ4v) is 14.4. The lowest BCUT2D eigenvalue weighted by atomic mass is 9.81. The van der Waals surface area contributed by atoms with Crippen LogP contribution in [0.15, 0.2) is 315 Å². The van der Waals surface area contributed by atoms with Gasteiger partial charge in [0.2, 0.25) is 0 Å². The Kier molecular flexibility index (Phi) is 15.3. The summed E-state index contributed by atoms with van der Waals surface area (Å²) in [5.41, 5.74) is 30.1. The van der Waals surface area contributed by atoms with Crippen molar-refractivity contribution in [2.24, 2.45) is 0 Å². The molecule has 0 saturated heterocycles. The third-order valence-corrected chi connectivity index (χ3v) is 19.6. The maximum atomic E-state index is 9.47. The molecule has 2 heterocycles. The molecule has 2 aliphatic rings. The Labute approximate surface area is 572 Å². The Bertz CT molecular complexity index is 5630. The van der Waals surface area contributed by atoms with E-state index in [0.717, 1.165) is 78.4 Å². The van der Waals surface area contributed by atoms with Crippen LogP contribution in [-0.2, 0) is 10.8 Å². The summed E-state index contributed by atoms with van der Waals surface area (Å²) in [6.45, 7) is 16.6. The molecule has 6 nitrogen and oxygen atoms in total. The fourth-order valence-electron chi connectivity index (χ4n) is 14.4. The predicted molar refractivity (Wildman–Crippen MR) is 402 cm³/mol. The van der Waals surface area contributed by atoms with Crippen molar-refractivity contribution in [2.45, 2.75) is 38.5 Å². The number of nitrogens with zero attached hydrogens (tertiary/aromatic N) is 6. The van der Waals surface area contributed by atoms with Crippen LogP contribution in [0, 0.1) is 17.9 Å². The molecular formula is C92H64N6. The first-order chi connectivity index (χ1) is 47.9. The van der Waals surface area contributed by atoms with E-state index in [1.54, 1.807) is 0 Å². The summed E-state index contributed by atoms with van der Waals surface area (Å²) in [5, 5.41) is 11.9. The van der Waals surface area contributed by atoms with Crippen LogP contribution in [0.1, 0.15) is 55.5 Å². The van der Waals surface area contributed by atoms with Crippen molar-refractivity contribution >= 4 is 16.5 Å². The zero-order valence-electron chi connectivity index (χ0n) is 54.7. The molecule has 0 aliphatic heterocycles. The Morgan fingerprint density at radius 1 is 0.286 bits per heavy atom. The van der Waals surface area contributed by atoms with Crippen LogP contribution in [0.4, 0.5) is 5.69 Å². The van der Waals surface area contributed by atoms with Gasteiger partial charge >= 0.3 is 0 Å². The van der Waals surface area contributed by atoms with E-state index in [2.05, 4.69) is 281 Å². The number of rotatable bonds is 10. The minimum absolute atomic E-state index is 0.128. The van der Waals surface area contributed by atoms with E-state index in [4.69, 9.17) is 26.5 Å². The topological polar surface area (TPSA) is 79.7 Å². The van der Waals surface area contributed by atoms with Gasteiger partial charge in [-0.05, 0) is 148 Å². The highest BCUT2D eigenvalue weighted by atomic mass is 14.9. The lowest BCUT2D eigenvalue weighted by Crippen LogP contribution is -2.15. The minimum Gasteiger partial charge on any atom is -0.238 e. The van der Waals surface area contributed by atoms with Gasteiger partial charge in [-0.15, -0.1) is 0 Å². The molecule has 6 heteroatoms. The Morgan fingerprint density at radius 2 is 0.735 bits per heavy atom. The SMILES string of the molecule is CC1(C)c2ccc(C#N)cc2-c2ccc(-c3ccc(-c4cccc(-c5cc(-c6ccccc6)nc(-c6ccccc6)n5)c4)cc3)cc21.[C-]#[N+]c1ccc2c(c1)C(C)(C)c1cccc(-c3ccc(-c4cccc(-c5nc(-c6ccccc6)cc(-c6ccc7ccccc7c6)n5)c4)cc3)c1-2. The highest BCUT2D eigenvalue weighted by molar-refractivity contribution is 5.94. The van der Waals surface area contributed by atoms with Gasteiger partial charge < -0.3 is 0 Å². The van der Waals surface area contributed by atoms with Crippen molar-refractivity contribution in [3.8, 4) is 141 Å². The normalized spacial score (nSPS) is 12.6. The summed E-state index contributed by atoms with van der Waals surface area (Å²) in [7, 11) is 0. The minimum atomic E-state index is -0.171. The first-order valence-electron chi connectivity index (χ1n) is 33.2. The lowest BCUT2D eigenvalue weighted by molar-refractivity contribution is 0.660. The maximum Gasteiger partial charge on any atom is 0.187 e. The molecule has 0 radical (unpaired) electrons. The monoisotopic (exact) mass is 1250 g/mol. The molecule has 15 aromatic rings. The van der Waals surface area contributed by atoms with E-state index < -0.39 is 0 Å². The van der Waals surface area contributed by atoms with Crippen LogP contribution >= 0.6 is 0 Å². The van der Waals surface area contributed by atoms with Gasteiger partial charge in [0.15, 0.2) is 17.3 Å². The van der Waals surface area contributed by atoms with E-state index in [1.807, 2.05) is 72.8 Å². The van der Waals surface area contributed by atoms with Crippen molar-refractivity contribution in [1.82, 2.24) is 19.9 Å². The molecule has 2 aromatic heterocycles. The number of fused-ring (bicyclic) bond motifs is 7. The molecule has 2 aliphatic carbocycles. The molecule has 0 atom stereocenters. The van der Waals surface area contributed by atoms with Gasteiger partial charge in [-0.1, -0.05) is 295 Å². The first kappa shape index (κ1) is 60.2. The summed E-state index contributed by atoms with van der Waals surface area (Å²) in [6, 6.07) is 112. The molecule has 17 rings (SSSR count). The summed E-state index contributed by atoms with van der Waals surface area (Å²) < 4.78 is 0. The highest BCUT2D eigenvalue weighted by Gasteiger charge is 2.38. The molecule has 13 aromatic carbocycles. The van der Waals surface area contributed by atoms with Gasteiger partial charge in [0.05, 0.1) is 41.0 Å². The van der Waals surface area contributed by atoms with E-state index in [1.165, 1.54) is 77.5 Å². The Hall–Kier alpha value is -12.7. The summed E-state index contributed by atoms with van der Waals surface area (Å²) in [6.07, 6.45) is 0. The van der Waals surface area contributed by atoms with Gasteiger partial charge in [-0.2, -0.15) is 5.26 Å². The molecule has 462 valence electrons. The van der Waals surface area contributed by atoms with Crippen LogP contribution < -0.4 is 0 Å². The third-order valence-electron chi connectivity index (χ3n) is 19.6. The Balaban J connectivity index is 0.000000154. The second-order valence-corrected chi connectivity index (χ2v) is 26.4. The van der Waals surface area contributed by atoms with E-state index in [9.17, 15) is 5.26 Å². The van der Waals surface area contributed by atoms with E-state index in [-0.39, 0.29) is 10.8 Å². The van der Waals surface area contributed by atoms with Crippen LogP contribution in [0.25, 0.3) is 150 Å². The third kappa shape index (κ3) is 11.2. The summed E-state index contributed by atoms with van der Waals surface area (Å²) in [5.74, 6) is 1.41. The smallest absolute Gasteiger partial charge is 0.187 e. The van der Waals surface area contributed by atoms with Gasteiger partial charge in [-0.3, -0.25) is 0 Å². The standard InChI is InChI=1S/C48H33N3.C44H31N3/c1-48(2)42-18-10-17-40(46(42)41-26-25-39(49-3)29-43(41)48)33-22-19-32(20-23-33)36-15-9-16-38(28-36)47-50-44(34-12-5-4-6-13-34)30-45(51-47)37-24-21-31-11-7-8-14-35(31)27-37;1-44(2)39-23-16-29(28-45)24-38(39)37-22-21-35(26-40(37)44)31-19-17-30(18-20-31)34-14-9-15-36(25-34)42-27-41(32-10-5-3-6-11-32)46-43(47-42)33-12-7-4-8-13-33/h4-30H,1-2H3;3-27H,1-2H3. The van der Waals surface area contributed by atoms with E-state index >= 15 is 0 Å². The van der Waals surface area contributed by atoms with Gasteiger partial charge in [0.25, 0.3) is 0 Å². The average molecular weight is 1250 g/mol. The predicted octanol–water partition coefficient (Wildman–Crippen LogP) is 23.8. The van der Waals surface area contributed by atoms with Crippen molar-refractivity contribution in [2.75, 3.05) is 0 Å². The molecule has 0 bridgehead atoms. The largest absolute Gasteiger partial charge is 0.238 e. The quantitative estimate of drug-likeness (QED) is 0.128. The molecule has 0 saturated carbocycles. The number of nitriles is 1. The lowest BCUT2D eigenvalue weighted by Gasteiger charge is -2.22. The zero-order valence-corrected chi connectivity index (χ0v) is 54.7. The number of hydrogen-bond donors (Lipinski definition) is 0. The summed E-state index contributed by atoms with van der Waals surface area (Å²) in [4.78, 5) is 23.9. The first-order valence-corrected chi connectivity index (χ1v) is 33.2. The molecule has 0 fully saturated rings. The van der Waals surface area contributed by atoms with Gasteiger partial charge in [0.1, 0.15) is 0 Å². The van der Waals surface area contributed by atoms with Crippen LogP contribution in [0.5, 0.6) is 0 Å². The van der Waals surface area contributed by atoms with Crippen molar-refractivity contribution in [3.05, 3.63) is 355 Å². The number of aromatic nitrogens is 4. The molecule has 0 N–H and O–H groups in total. The highest BCUT2D eigenvalue weighted by Crippen LogP contribution is 2.54. The molecule has 0 spiro atoms. The molecule has 98 heavy (non-hydrogen) atoms. The maximum absolute atomic E-state index is 9.47.